The lowest BCUT2D eigenvalue weighted by Crippen LogP contribution is -2.42. The van der Waals surface area contributed by atoms with Crippen molar-refractivity contribution in [1.82, 2.24) is 4.98 Å². The molecule has 194 valence electrons. The lowest BCUT2D eigenvalue weighted by atomic mass is 9.91. The first-order chi connectivity index (χ1) is 17.2. The maximum Gasteiger partial charge on any atom is 0.269 e. The zero-order valence-corrected chi connectivity index (χ0v) is 22.3. The number of anilines is 2. The van der Waals surface area contributed by atoms with Gasteiger partial charge in [-0.15, -0.1) is 11.3 Å². The minimum atomic E-state index is -4.39. The van der Waals surface area contributed by atoms with E-state index in [4.69, 9.17) is 26.8 Å². The lowest BCUT2D eigenvalue weighted by molar-refractivity contribution is 0.391. The molecule has 1 fully saturated rings. The second-order valence-electron chi connectivity index (χ2n) is 8.47. The third-order valence-electron chi connectivity index (χ3n) is 6.19. The Morgan fingerprint density at radius 1 is 1.22 bits per heavy atom. The highest BCUT2D eigenvalue weighted by Gasteiger charge is 2.32. The van der Waals surface area contributed by atoms with Crippen molar-refractivity contribution in [1.29, 1.82) is 0 Å². The predicted octanol–water partition coefficient (Wildman–Crippen LogP) is 5.03. The summed E-state index contributed by atoms with van der Waals surface area (Å²) in [4.78, 5) is 3.62. The van der Waals surface area contributed by atoms with Crippen molar-refractivity contribution in [2.45, 2.75) is 49.2 Å². The van der Waals surface area contributed by atoms with Gasteiger partial charge in [0.15, 0.2) is 5.13 Å². The average Bonchev–Trinajstić information content (AvgIpc) is 3.40. The second kappa shape index (κ2) is 11.2. The summed E-state index contributed by atoms with van der Waals surface area (Å²) in [5.41, 5.74) is 7.06. The van der Waals surface area contributed by atoms with E-state index in [-0.39, 0.29) is 28.8 Å². The van der Waals surface area contributed by atoms with Crippen LogP contribution in [-0.2, 0) is 16.6 Å². The Labute approximate surface area is 219 Å². The first kappa shape index (κ1) is 26.5. The van der Waals surface area contributed by atoms with Crippen LogP contribution in [0.2, 0.25) is 5.02 Å². The number of hydrogen-bond donors (Lipinski definition) is 2. The molecule has 1 aliphatic carbocycles. The quantitative estimate of drug-likeness (QED) is 0.382. The number of aromatic nitrogens is 1. The Kier molecular flexibility index (Phi) is 8.23. The lowest BCUT2D eigenvalue weighted by Gasteiger charge is -2.30. The third-order valence-corrected chi connectivity index (χ3v) is 9.16. The van der Waals surface area contributed by atoms with Crippen molar-refractivity contribution < 1.29 is 22.3 Å². The van der Waals surface area contributed by atoms with Crippen molar-refractivity contribution in [3.8, 4) is 11.5 Å². The van der Waals surface area contributed by atoms with Gasteiger partial charge in [0, 0.05) is 35.3 Å². The highest BCUT2D eigenvalue weighted by Crippen LogP contribution is 2.36. The molecule has 3 aromatic rings. The number of hydrogen-bond acceptors (Lipinski definition) is 8. The molecule has 12 heteroatoms. The molecule has 2 atom stereocenters. The van der Waals surface area contributed by atoms with E-state index in [1.807, 2.05) is 0 Å². The zero-order chi connectivity index (χ0) is 25.9. The number of nitrogens with one attached hydrogen (secondary N) is 1. The van der Waals surface area contributed by atoms with Gasteiger partial charge in [-0.25, -0.2) is 22.1 Å². The SMILES string of the molecule is COc1ccc(CN(c2nccs2)S(=O)(=O)c2cc(Cl)c(N[C@H]3CCCC[C@@H]3N)cc2F)c(OC)c1. The highest BCUT2D eigenvalue weighted by molar-refractivity contribution is 7.93. The number of sulfonamides is 1. The summed E-state index contributed by atoms with van der Waals surface area (Å²) in [5.74, 6) is 0.0559. The number of halogens is 2. The topological polar surface area (TPSA) is 107 Å². The largest absolute Gasteiger partial charge is 0.497 e. The molecule has 0 spiro atoms. The zero-order valence-electron chi connectivity index (χ0n) is 19.9. The van der Waals surface area contributed by atoms with Gasteiger partial charge in [-0.2, -0.15) is 0 Å². The Morgan fingerprint density at radius 3 is 2.67 bits per heavy atom. The molecule has 36 heavy (non-hydrogen) atoms. The molecule has 0 bridgehead atoms. The second-order valence-corrected chi connectivity index (χ2v) is 11.6. The molecule has 8 nitrogen and oxygen atoms in total. The molecular weight excluding hydrogens is 527 g/mol. The van der Waals surface area contributed by atoms with Gasteiger partial charge in [0.2, 0.25) is 0 Å². The van der Waals surface area contributed by atoms with Crippen LogP contribution in [0.4, 0.5) is 15.2 Å². The summed E-state index contributed by atoms with van der Waals surface area (Å²) in [5, 5.41) is 5.11. The summed E-state index contributed by atoms with van der Waals surface area (Å²) in [7, 11) is -1.40. The summed E-state index contributed by atoms with van der Waals surface area (Å²) in [6.45, 7) is -0.142. The number of benzene rings is 2. The molecule has 1 heterocycles. The number of thiazole rings is 1. The summed E-state index contributed by atoms with van der Waals surface area (Å²) in [6.07, 6.45) is 5.24. The van der Waals surface area contributed by atoms with E-state index in [0.717, 1.165) is 53.5 Å². The van der Waals surface area contributed by atoms with Gasteiger partial charge in [0.05, 0.1) is 31.5 Å². The van der Waals surface area contributed by atoms with E-state index in [1.54, 1.807) is 23.6 Å². The molecule has 0 aliphatic heterocycles. The molecular formula is C24H28ClFN4O4S2. The summed E-state index contributed by atoms with van der Waals surface area (Å²) in [6, 6.07) is 7.14. The number of nitrogens with two attached hydrogens (primary N) is 1. The van der Waals surface area contributed by atoms with Crippen LogP contribution in [0.15, 0.2) is 46.8 Å². The Morgan fingerprint density at radius 2 is 2.00 bits per heavy atom. The highest BCUT2D eigenvalue weighted by atomic mass is 35.5. The smallest absolute Gasteiger partial charge is 0.269 e. The van der Waals surface area contributed by atoms with Gasteiger partial charge in [0.25, 0.3) is 10.0 Å². The standard InChI is InChI=1S/C24H28ClFN4O4S2/c1-33-16-8-7-15(22(11-16)34-2)14-30(24-28-9-10-35-24)36(31,32)23-12-17(25)21(13-18(23)26)29-20-6-4-3-5-19(20)27/h7-13,19-20,29H,3-6,14,27H2,1-2H3/t19-,20-/m0/s1. The minimum absolute atomic E-state index is 0.0625. The Bertz CT molecular complexity index is 1310. The van der Waals surface area contributed by atoms with Crippen LogP contribution in [-0.4, -0.2) is 39.7 Å². The van der Waals surface area contributed by atoms with Crippen molar-refractivity contribution >= 4 is 43.8 Å². The van der Waals surface area contributed by atoms with E-state index in [9.17, 15) is 8.42 Å². The molecule has 0 amide bonds. The summed E-state index contributed by atoms with van der Waals surface area (Å²) < 4.78 is 54.6. The van der Waals surface area contributed by atoms with Crippen LogP contribution >= 0.6 is 22.9 Å². The van der Waals surface area contributed by atoms with Gasteiger partial charge in [-0.3, -0.25) is 0 Å². The fourth-order valence-electron chi connectivity index (χ4n) is 4.23. The van der Waals surface area contributed by atoms with E-state index in [0.29, 0.717) is 22.7 Å². The third kappa shape index (κ3) is 5.54. The number of methoxy groups -OCH3 is 2. The molecule has 1 aromatic heterocycles. The Balaban J connectivity index is 1.70. The van der Waals surface area contributed by atoms with Gasteiger partial charge in [-0.1, -0.05) is 24.4 Å². The normalized spacial score (nSPS) is 18.0. The van der Waals surface area contributed by atoms with Crippen molar-refractivity contribution in [2.24, 2.45) is 5.73 Å². The molecule has 4 rings (SSSR count). The fraction of sp³-hybridized carbons (Fsp3) is 0.375. The molecule has 1 saturated carbocycles. The van der Waals surface area contributed by atoms with Crippen molar-refractivity contribution in [3.05, 3.63) is 58.3 Å². The molecule has 0 unspecified atom stereocenters. The van der Waals surface area contributed by atoms with Gasteiger partial charge < -0.3 is 20.5 Å². The van der Waals surface area contributed by atoms with Crippen molar-refractivity contribution in [2.75, 3.05) is 23.8 Å². The molecule has 0 radical (unpaired) electrons. The number of rotatable bonds is 9. The monoisotopic (exact) mass is 554 g/mol. The van der Waals surface area contributed by atoms with E-state index in [1.165, 1.54) is 20.4 Å². The minimum Gasteiger partial charge on any atom is -0.497 e. The number of ether oxygens (including phenoxy) is 2. The van der Waals surface area contributed by atoms with Gasteiger partial charge in [-0.05, 0) is 37.1 Å². The van der Waals surface area contributed by atoms with Crippen LogP contribution < -0.4 is 24.8 Å². The van der Waals surface area contributed by atoms with E-state index < -0.39 is 20.7 Å². The first-order valence-electron chi connectivity index (χ1n) is 11.4. The van der Waals surface area contributed by atoms with Gasteiger partial charge >= 0.3 is 0 Å². The Hall–Kier alpha value is -2.60. The van der Waals surface area contributed by atoms with Crippen LogP contribution in [0.25, 0.3) is 0 Å². The van der Waals surface area contributed by atoms with Crippen LogP contribution in [0.5, 0.6) is 11.5 Å². The molecule has 2 aromatic carbocycles. The van der Waals surface area contributed by atoms with Crippen molar-refractivity contribution in [3.63, 3.8) is 0 Å². The van der Waals surface area contributed by atoms with Crippen LogP contribution in [0, 0.1) is 5.82 Å². The molecule has 0 saturated heterocycles. The predicted molar refractivity (Wildman–Crippen MR) is 140 cm³/mol. The van der Waals surface area contributed by atoms with Crippen LogP contribution in [0.1, 0.15) is 31.2 Å². The van der Waals surface area contributed by atoms with Gasteiger partial charge in [0.1, 0.15) is 22.2 Å². The fourth-order valence-corrected chi connectivity index (χ4v) is 6.85. The molecule has 1 aliphatic rings. The summed E-state index contributed by atoms with van der Waals surface area (Å²) >= 11 is 7.56. The average molecular weight is 555 g/mol. The van der Waals surface area contributed by atoms with E-state index >= 15 is 4.39 Å². The van der Waals surface area contributed by atoms with E-state index in [2.05, 4.69) is 10.3 Å². The molecule has 3 N–H and O–H groups in total. The number of nitrogens with zero attached hydrogens (tertiary/aromatic N) is 2. The van der Waals surface area contributed by atoms with Crippen LogP contribution in [0.3, 0.4) is 0 Å². The maximum atomic E-state index is 15.4. The first-order valence-corrected chi connectivity index (χ1v) is 14.1. The maximum absolute atomic E-state index is 15.4.